The normalized spacial score (nSPS) is 28.1. The number of allylic oxidation sites excluding steroid dienone is 1. The molecular formula is C11H18Br2. The topological polar surface area (TPSA) is 0 Å². The zero-order valence-electron chi connectivity index (χ0n) is 8.61. The van der Waals surface area contributed by atoms with Crippen LogP contribution in [0, 0.1) is 17.3 Å². The van der Waals surface area contributed by atoms with E-state index >= 15 is 0 Å². The van der Waals surface area contributed by atoms with Crippen molar-refractivity contribution in [1.82, 2.24) is 0 Å². The highest BCUT2D eigenvalue weighted by molar-refractivity contribution is 9.28. The second-order valence-electron chi connectivity index (χ2n) is 5.32. The van der Waals surface area contributed by atoms with Crippen LogP contribution in [0.5, 0.6) is 0 Å². The first-order valence-corrected chi connectivity index (χ1v) is 6.48. The average molecular weight is 310 g/mol. The van der Waals surface area contributed by atoms with Gasteiger partial charge in [-0.2, -0.15) is 0 Å². The Kier molecular flexibility index (Phi) is 4.06. The number of halogens is 2. The van der Waals surface area contributed by atoms with Crippen LogP contribution in [0.1, 0.15) is 40.0 Å². The Morgan fingerprint density at radius 2 is 1.85 bits per heavy atom. The van der Waals surface area contributed by atoms with Gasteiger partial charge in [-0.05, 0) is 68.4 Å². The average Bonchev–Trinajstić information content (AvgIpc) is 1.78. The molecule has 0 saturated heterocycles. The van der Waals surface area contributed by atoms with Crippen molar-refractivity contribution in [2.45, 2.75) is 40.0 Å². The predicted molar refractivity (Wildman–Crippen MR) is 66.2 cm³/mol. The molecule has 0 heterocycles. The summed E-state index contributed by atoms with van der Waals surface area (Å²) in [7, 11) is 0. The summed E-state index contributed by atoms with van der Waals surface area (Å²) < 4.78 is 1.11. The molecule has 0 nitrogen and oxygen atoms in total. The third-order valence-electron chi connectivity index (χ3n) is 2.53. The Balaban J connectivity index is 2.23. The van der Waals surface area contributed by atoms with Crippen LogP contribution in [-0.2, 0) is 0 Å². The second kappa shape index (κ2) is 4.48. The van der Waals surface area contributed by atoms with Crippen molar-refractivity contribution in [2.75, 3.05) is 0 Å². The van der Waals surface area contributed by atoms with Gasteiger partial charge in [0.25, 0.3) is 0 Å². The summed E-state index contributed by atoms with van der Waals surface area (Å²) in [5.41, 5.74) is 0.505. The Labute approximate surface area is 98.4 Å². The van der Waals surface area contributed by atoms with Gasteiger partial charge in [0, 0.05) is 0 Å². The van der Waals surface area contributed by atoms with Gasteiger partial charge in [-0.1, -0.05) is 26.8 Å². The van der Waals surface area contributed by atoms with E-state index in [4.69, 9.17) is 0 Å². The van der Waals surface area contributed by atoms with E-state index in [-0.39, 0.29) is 0 Å². The Hall–Kier alpha value is 0.700. The van der Waals surface area contributed by atoms with Gasteiger partial charge < -0.3 is 0 Å². The molecule has 1 saturated carbocycles. The summed E-state index contributed by atoms with van der Waals surface area (Å²) in [6.45, 7) is 6.99. The predicted octanol–water partition coefficient (Wildman–Crippen LogP) is 5.08. The zero-order valence-corrected chi connectivity index (χ0v) is 11.8. The fraction of sp³-hybridized carbons (Fsp3) is 0.818. The molecule has 13 heavy (non-hydrogen) atoms. The molecule has 0 bridgehead atoms. The molecule has 0 aromatic carbocycles. The van der Waals surface area contributed by atoms with Gasteiger partial charge in [0.05, 0.1) is 3.39 Å². The van der Waals surface area contributed by atoms with Crippen LogP contribution in [0.3, 0.4) is 0 Å². The van der Waals surface area contributed by atoms with E-state index in [1.165, 1.54) is 19.3 Å². The summed E-state index contributed by atoms with van der Waals surface area (Å²) in [5.74, 6) is 1.77. The highest BCUT2D eigenvalue weighted by Gasteiger charge is 2.30. The SMILES string of the molecule is CC(C)(C)C[C@H]1C[C@@H](C=C(Br)Br)C1. The maximum atomic E-state index is 3.41. The van der Waals surface area contributed by atoms with Crippen molar-refractivity contribution in [3.63, 3.8) is 0 Å². The minimum absolute atomic E-state index is 0.505. The summed E-state index contributed by atoms with van der Waals surface area (Å²) >= 11 is 6.82. The Bertz CT molecular complexity index is 191. The fourth-order valence-corrected chi connectivity index (χ4v) is 2.88. The number of hydrogen-bond donors (Lipinski definition) is 0. The molecule has 0 aliphatic heterocycles. The first-order chi connectivity index (χ1) is 5.87. The van der Waals surface area contributed by atoms with Gasteiger partial charge in [0.1, 0.15) is 0 Å². The van der Waals surface area contributed by atoms with E-state index in [0.29, 0.717) is 5.41 Å². The molecule has 1 aliphatic carbocycles. The van der Waals surface area contributed by atoms with Crippen LogP contribution in [0.2, 0.25) is 0 Å². The lowest BCUT2D eigenvalue weighted by molar-refractivity contribution is 0.164. The van der Waals surface area contributed by atoms with Crippen molar-refractivity contribution in [3.05, 3.63) is 9.47 Å². The molecule has 1 fully saturated rings. The summed E-state index contributed by atoms with van der Waals surface area (Å²) in [4.78, 5) is 0. The van der Waals surface area contributed by atoms with E-state index in [2.05, 4.69) is 58.7 Å². The summed E-state index contributed by atoms with van der Waals surface area (Å²) in [5, 5.41) is 0. The quantitative estimate of drug-likeness (QED) is 0.667. The molecule has 0 aromatic heterocycles. The second-order valence-corrected chi connectivity index (χ2v) is 8.09. The molecule has 0 spiro atoms. The van der Waals surface area contributed by atoms with Gasteiger partial charge in [-0.3, -0.25) is 0 Å². The highest BCUT2D eigenvalue weighted by Crippen LogP contribution is 2.42. The maximum absolute atomic E-state index is 3.41. The van der Waals surface area contributed by atoms with Gasteiger partial charge >= 0.3 is 0 Å². The van der Waals surface area contributed by atoms with E-state index in [1.807, 2.05) is 0 Å². The van der Waals surface area contributed by atoms with Gasteiger partial charge in [0.2, 0.25) is 0 Å². The zero-order chi connectivity index (χ0) is 10.1. The maximum Gasteiger partial charge on any atom is 0.0567 e. The highest BCUT2D eigenvalue weighted by atomic mass is 79.9. The van der Waals surface area contributed by atoms with E-state index in [9.17, 15) is 0 Å². The van der Waals surface area contributed by atoms with Gasteiger partial charge in [-0.15, -0.1) is 0 Å². The molecule has 0 N–H and O–H groups in total. The first-order valence-electron chi connectivity index (χ1n) is 4.89. The van der Waals surface area contributed by atoms with Crippen LogP contribution in [0.25, 0.3) is 0 Å². The van der Waals surface area contributed by atoms with E-state index in [1.54, 1.807) is 0 Å². The molecule has 1 rings (SSSR count). The number of rotatable bonds is 2. The molecule has 0 atom stereocenters. The molecule has 0 unspecified atom stereocenters. The minimum atomic E-state index is 0.505. The van der Waals surface area contributed by atoms with Crippen molar-refractivity contribution in [1.29, 1.82) is 0 Å². The Morgan fingerprint density at radius 1 is 1.31 bits per heavy atom. The van der Waals surface area contributed by atoms with Crippen LogP contribution in [-0.4, -0.2) is 0 Å². The molecule has 76 valence electrons. The lowest BCUT2D eigenvalue weighted by Gasteiger charge is -2.37. The molecular weight excluding hydrogens is 292 g/mol. The van der Waals surface area contributed by atoms with Crippen LogP contribution in [0.15, 0.2) is 9.47 Å². The first kappa shape index (κ1) is 11.8. The molecule has 0 amide bonds. The smallest absolute Gasteiger partial charge is 0.0567 e. The van der Waals surface area contributed by atoms with E-state index in [0.717, 1.165) is 15.2 Å². The third-order valence-corrected chi connectivity index (χ3v) is 3.06. The monoisotopic (exact) mass is 308 g/mol. The van der Waals surface area contributed by atoms with E-state index < -0.39 is 0 Å². The summed E-state index contributed by atoms with van der Waals surface area (Å²) in [6, 6.07) is 0. The third kappa shape index (κ3) is 4.64. The molecule has 1 aliphatic rings. The van der Waals surface area contributed by atoms with Crippen molar-refractivity contribution in [3.8, 4) is 0 Å². The van der Waals surface area contributed by atoms with Crippen LogP contribution in [0.4, 0.5) is 0 Å². The van der Waals surface area contributed by atoms with Crippen LogP contribution >= 0.6 is 31.9 Å². The molecule has 2 heteroatoms. The minimum Gasteiger partial charge on any atom is -0.0602 e. The summed E-state index contributed by atoms with van der Waals surface area (Å²) in [6.07, 6.45) is 6.40. The lowest BCUT2D eigenvalue weighted by Crippen LogP contribution is -2.26. The largest absolute Gasteiger partial charge is 0.0602 e. The van der Waals surface area contributed by atoms with Gasteiger partial charge in [0.15, 0.2) is 0 Å². The fourth-order valence-electron chi connectivity index (χ4n) is 2.13. The number of hydrogen-bond acceptors (Lipinski definition) is 0. The molecule has 0 aromatic rings. The van der Waals surface area contributed by atoms with Crippen molar-refractivity contribution < 1.29 is 0 Å². The lowest BCUT2D eigenvalue weighted by atomic mass is 9.68. The van der Waals surface area contributed by atoms with Crippen LogP contribution < -0.4 is 0 Å². The van der Waals surface area contributed by atoms with Gasteiger partial charge in [-0.25, -0.2) is 0 Å². The van der Waals surface area contributed by atoms with Crippen molar-refractivity contribution in [2.24, 2.45) is 17.3 Å². The van der Waals surface area contributed by atoms with Crippen molar-refractivity contribution >= 4 is 31.9 Å². The Morgan fingerprint density at radius 3 is 2.23 bits per heavy atom. The standard InChI is InChI=1S/C11H18Br2/c1-11(2,3)7-9-4-8(5-9)6-10(12)13/h6,8-9H,4-5,7H2,1-3H3/t8-,9+. The molecule has 0 radical (unpaired) electrons.